The Kier molecular flexibility index (Phi) is 3.76. The molecule has 2 N–H and O–H groups in total. The minimum absolute atomic E-state index is 0.194. The van der Waals surface area contributed by atoms with Crippen LogP contribution in [-0.2, 0) is 4.79 Å². The number of nitrogens with one attached hydrogen (secondary N) is 2. The SMILES string of the molecule is O=C1CCC(CNC2CC(c3ccc(Cl)cc3)C2)N1. The summed E-state index contributed by atoms with van der Waals surface area (Å²) in [4.78, 5) is 11.1. The van der Waals surface area contributed by atoms with Gasteiger partial charge in [0.2, 0.25) is 5.91 Å². The van der Waals surface area contributed by atoms with Crippen LogP contribution in [-0.4, -0.2) is 24.5 Å². The van der Waals surface area contributed by atoms with Gasteiger partial charge in [0.05, 0.1) is 0 Å². The molecule has 1 aliphatic heterocycles. The Bertz CT molecular complexity index is 454. The van der Waals surface area contributed by atoms with Crippen LogP contribution in [0.4, 0.5) is 0 Å². The molecule has 3 nitrogen and oxygen atoms in total. The van der Waals surface area contributed by atoms with E-state index in [1.54, 1.807) is 0 Å². The maximum Gasteiger partial charge on any atom is 0.220 e. The van der Waals surface area contributed by atoms with Crippen LogP contribution >= 0.6 is 11.6 Å². The molecule has 0 bridgehead atoms. The summed E-state index contributed by atoms with van der Waals surface area (Å²) in [6.07, 6.45) is 4.02. The van der Waals surface area contributed by atoms with Gasteiger partial charge in [0.1, 0.15) is 0 Å². The Morgan fingerprint density at radius 1 is 1.26 bits per heavy atom. The van der Waals surface area contributed by atoms with Crippen LogP contribution in [0.2, 0.25) is 5.02 Å². The van der Waals surface area contributed by atoms with Crippen LogP contribution < -0.4 is 10.6 Å². The average molecular weight is 279 g/mol. The molecule has 1 aliphatic carbocycles. The van der Waals surface area contributed by atoms with Crippen LogP contribution in [0.5, 0.6) is 0 Å². The van der Waals surface area contributed by atoms with Crippen molar-refractivity contribution in [2.24, 2.45) is 0 Å². The minimum Gasteiger partial charge on any atom is -0.352 e. The van der Waals surface area contributed by atoms with Crippen molar-refractivity contribution in [3.05, 3.63) is 34.9 Å². The Balaban J connectivity index is 1.40. The predicted octanol–water partition coefficient (Wildman–Crippen LogP) is 2.45. The zero-order valence-corrected chi connectivity index (χ0v) is 11.6. The molecular formula is C15H19ClN2O. The second kappa shape index (κ2) is 5.51. The first-order chi connectivity index (χ1) is 9.20. The molecule has 0 spiro atoms. The highest BCUT2D eigenvalue weighted by molar-refractivity contribution is 6.30. The van der Waals surface area contributed by atoms with E-state index in [4.69, 9.17) is 11.6 Å². The molecule has 2 fully saturated rings. The lowest BCUT2D eigenvalue weighted by molar-refractivity contribution is -0.119. The van der Waals surface area contributed by atoms with E-state index in [-0.39, 0.29) is 5.91 Å². The highest BCUT2D eigenvalue weighted by atomic mass is 35.5. The molecule has 1 aromatic carbocycles. The second-order valence-corrected chi connectivity index (χ2v) is 6.06. The number of rotatable bonds is 4. The van der Waals surface area contributed by atoms with E-state index in [0.29, 0.717) is 24.4 Å². The van der Waals surface area contributed by atoms with Gasteiger partial charge in [-0.2, -0.15) is 0 Å². The molecule has 1 saturated carbocycles. The quantitative estimate of drug-likeness (QED) is 0.888. The largest absolute Gasteiger partial charge is 0.352 e. The topological polar surface area (TPSA) is 41.1 Å². The molecule has 3 rings (SSSR count). The highest BCUT2D eigenvalue weighted by Crippen LogP contribution is 2.37. The zero-order chi connectivity index (χ0) is 13.2. The first kappa shape index (κ1) is 12.9. The number of carbonyl (C=O) groups is 1. The van der Waals surface area contributed by atoms with E-state index in [2.05, 4.69) is 22.8 Å². The normalized spacial score (nSPS) is 29.9. The lowest BCUT2D eigenvalue weighted by Gasteiger charge is -2.37. The number of halogens is 1. The molecule has 1 aromatic rings. The number of hydrogen-bond acceptors (Lipinski definition) is 2. The molecule has 1 heterocycles. The molecular weight excluding hydrogens is 260 g/mol. The molecule has 1 amide bonds. The van der Waals surface area contributed by atoms with Crippen molar-refractivity contribution >= 4 is 17.5 Å². The summed E-state index contributed by atoms with van der Waals surface area (Å²) < 4.78 is 0. The Morgan fingerprint density at radius 2 is 2.00 bits per heavy atom. The first-order valence-electron chi connectivity index (χ1n) is 6.99. The summed E-state index contributed by atoms with van der Waals surface area (Å²) in [6.45, 7) is 0.906. The van der Waals surface area contributed by atoms with Crippen molar-refractivity contribution in [1.29, 1.82) is 0 Å². The second-order valence-electron chi connectivity index (χ2n) is 5.63. The van der Waals surface area contributed by atoms with Crippen molar-refractivity contribution in [1.82, 2.24) is 10.6 Å². The van der Waals surface area contributed by atoms with Crippen molar-refractivity contribution < 1.29 is 4.79 Å². The van der Waals surface area contributed by atoms with Gasteiger partial charge in [0.25, 0.3) is 0 Å². The van der Waals surface area contributed by atoms with Crippen molar-refractivity contribution in [3.8, 4) is 0 Å². The lowest BCUT2D eigenvalue weighted by atomic mass is 9.76. The van der Waals surface area contributed by atoms with Gasteiger partial charge in [-0.15, -0.1) is 0 Å². The summed E-state index contributed by atoms with van der Waals surface area (Å²) in [7, 11) is 0. The maximum absolute atomic E-state index is 11.1. The Hall–Kier alpha value is -1.06. The molecule has 19 heavy (non-hydrogen) atoms. The fourth-order valence-electron chi connectivity index (χ4n) is 2.93. The van der Waals surface area contributed by atoms with E-state index in [0.717, 1.165) is 18.0 Å². The van der Waals surface area contributed by atoms with Crippen LogP contribution in [0.1, 0.15) is 37.2 Å². The minimum atomic E-state index is 0.194. The lowest BCUT2D eigenvalue weighted by Crippen LogP contribution is -2.45. The first-order valence-corrected chi connectivity index (χ1v) is 7.37. The van der Waals surface area contributed by atoms with Crippen molar-refractivity contribution in [3.63, 3.8) is 0 Å². The van der Waals surface area contributed by atoms with Crippen LogP contribution in [0, 0.1) is 0 Å². The zero-order valence-electron chi connectivity index (χ0n) is 10.9. The molecule has 1 atom stereocenters. The Labute approximate surface area is 118 Å². The van der Waals surface area contributed by atoms with Gasteiger partial charge in [-0.25, -0.2) is 0 Å². The average Bonchev–Trinajstić information content (AvgIpc) is 2.75. The fourth-order valence-corrected chi connectivity index (χ4v) is 3.06. The third-order valence-electron chi connectivity index (χ3n) is 4.22. The van der Waals surface area contributed by atoms with Gasteiger partial charge < -0.3 is 10.6 Å². The molecule has 1 saturated heterocycles. The fraction of sp³-hybridized carbons (Fsp3) is 0.533. The molecule has 1 unspecified atom stereocenters. The number of benzene rings is 1. The summed E-state index contributed by atoms with van der Waals surface area (Å²) in [5.41, 5.74) is 1.39. The molecule has 2 aliphatic rings. The summed E-state index contributed by atoms with van der Waals surface area (Å²) in [6, 6.07) is 9.11. The third kappa shape index (κ3) is 3.10. The molecule has 0 aromatic heterocycles. The van der Waals surface area contributed by atoms with E-state index in [1.165, 1.54) is 18.4 Å². The third-order valence-corrected chi connectivity index (χ3v) is 4.47. The maximum atomic E-state index is 11.1. The van der Waals surface area contributed by atoms with E-state index >= 15 is 0 Å². The van der Waals surface area contributed by atoms with Gasteiger partial charge in [0, 0.05) is 30.1 Å². The van der Waals surface area contributed by atoms with Gasteiger partial charge >= 0.3 is 0 Å². The standard InChI is InChI=1S/C15H19ClN2O/c16-12-3-1-10(2-4-12)11-7-14(8-11)17-9-13-5-6-15(19)18-13/h1-4,11,13-14,17H,5-9H2,(H,18,19). The van der Waals surface area contributed by atoms with Gasteiger partial charge in [0.15, 0.2) is 0 Å². The van der Waals surface area contributed by atoms with E-state index < -0.39 is 0 Å². The van der Waals surface area contributed by atoms with Crippen molar-refractivity contribution in [2.45, 2.75) is 43.7 Å². The smallest absolute Gasteiger partial charge is 0.220 e. The van der Waals surface area contributed by atoms with Crippen LogP contribution in [0.3, 0.4) is 0 Å². The number of hydrogen-bond donors (Lipinski definition) is 2. The summed E-state index contributed by atoms with van der Waals surface area (Å²) in [5.74, 6) is 0.854. The van der Waals surface area contributed by atoms with Gasteiger partial charge in [-0.3, -0.25) is 4.79 Å². The highest BCUT2D eigenvalue weighted by Gasteiger charge is 2.31. The Morgan fingerprint density at radius 3 is 2.63 bits per heavy atom. The molecule has 0 radical (unpaired) electrons. The molecule has 102 valence electrons. The van der Waals surface area contributed by atoms with Crippen LogP contribution in [0.15, 0.2) is 24.3 Å². The summed E-state index contributed by atoms with van der Waals surface area (Å²) in [5, 5.41) is 7.34. The number of amides is 1. The summed E-state index contributed by atoms with van der Waals surface area (Å²) >= 11 is 5.89. The predicted molar refractivity (Wildman–Crippen MR) is 76.4 cm³/mol. The van der Waals surface area contributed by atoms with Gasteiger partial charge in [-0.05, 0) is 42.9 Å². The van der Waals surface area contributed by atoms with Gasteiger partial charge in [-0.1, -0.05) is 23.7 Å². The van der Waals surface area contributed by atoms with E-state index in [9.17, 15) is 4.79 Å². The monoisotopic (exact) mass is 278 g/mol. The van der Waals surface area contributed by atoms with Crippen molar-refractivity contribution in [2.75, 3.05) is 6.54 Å². The molecule has 4 heteroatoms. The van der Waals surface area contributed by atoms with E-state index in [1.807, 2.05) is 12.1 Å². The number of carbonyl (C=O) groups excluding carboxylic acids is 1. The van der Waals surface area contributed by atoms with Crippen LogP contribution in [0.25, 0.3) is 0 Å².